The van der Waals surface area contributed by atoms with Crippen LogP contribution in [0.3, 0.4) is 0 Å². The molecule has 2 rings (SSSR count). The van der Waals surface area contributed by atoms with E-state index in [1.165, 1.54) is 12.4 Å². The topological polar surface area (TPSA) is 118 Å². The molecule has 0 radical (unpaired) electrons. The summed E-state index contributed by atoms with van der Waals surface area (Å²) in [5.74, 6) is -1.07. The molecule has 0 bridgehead atoms. The second-order valence-electron chi connectivity index (χ2n) is 10.4. The number of ether oxygens (including phenoxy) is 2. The fourth-order valence-electron chi connectivity index (χ4n) is 3.27. The van der Waals surface area contributed by atoms with Crippen LogP contribution in [0.15, 0.2) is 58.5 Å². The summed E-state index contributed by atoms with van der Waals surface area (Å²) in [6, 6.07) is 12.0. The average molecular weight is 511 g/mol. The van der Waals surface area contributed by atoms with E-state index in [9.17, 15) is 19.8 Å². The molecule has 0 amide bonds. The van der Waals surface area contributed by atoms with E-state index >= 15 is 0 Å². The Kier molecular flexibility index (Phi) is 10.8. The molecule has 0 aliphatic carbocycles. The van der Waals surface area contributed by atoms with E-state index in [2.05, 4.69) is 9.98 Å². The average Bonchev–Trinajstić information content (AvgIpc) is 2.83. The molecule has 200 valence electrons. The van der Waals surface area contributed by atoms with Gasteiger partial charge in [0.1, 0.15) is 23.6 Å². The van der Waals surface area contributed by atoms with Crippen LogP contribution in [0.4, 0.5) is 0 Å². The van der Waals surface area contributed by atoms with Crippen molar-refractivity contribution in [3.05, 3.63) is 59.7 Å². The largest absolute Gasteiger partial charge is 0.507 e. The summed E-state index contributed by atoms with van der Waals surface area (Å²) < 4.78 is 11.1. The van der Waals surface area contributed by atoms with Gasteiger partial charge in [0.15, 0.2) is 0 Å². The lowest BCUT2D eigenvalue weighted by molar-refractivity contribution is -0.155. The van der Waals surface area contributed by atoms with E-state index < -0.39 is 29.4 Å². The maximum absolute atomic E-state index is 12.8. The number of hydrogen-bond acceptors (Lipinski definition) is 8. The Morgan fingerprint density at radius 3 is 1.43 bits per heavy atom. The first-order valence-corrected chi connectivity index (χ1v) is 12.4. The molecule has 0 heterocycles. The number of phenolic OH excluding ortho intramolecular Hbond substituents is 2. The van der Waals surface area contributed by atoms with Crippen molar-refractivity contribution >= 4 is 24.4 Å². The maximum Gasteiger partial charge on any atom is 0.331 e. The highest BCUT2D eigenvalue weighted by atomic mass is 16.5. The van der Waals surface area contributed by atoms with Gasteiger partial charge in [-0.15, -0.1) is 0 Å². The zero-order valence-corrected chi connectivity index (χ0v) is 22.4. The Bertz CT molecular complexity index is 1020. The lowest BCUT2D eigenvalue weighted by Gasteiger charge is -2.26. The smallest absolute Gasteiger partial charge is 0.331 e. The van der Waals surface area contributed by atoms with E-state index in [-0.39, 0.29) is 36.5 Å². The van der Waals surface area contributed by atoms with Crippen LogP contribution in [0.5, 0.6) is 11.5 Å². The van der Waals surface area contributed by atoms with Crippen LogP contribution in [0.1, 0.15) is 52.7 Å². The molecule has 0 aliphatic heterocycles. The molecular formula is C29H38N2O6. The number of esters is 2. The molecule has 2 N–H and O–H groups in total. The highest BCUT2D eigenvalue weighted by molar-refractivity contribution is 5.87. The van der Waals surface area contributed by atoms with Gasteiger partial charge < -0.3 is 19.7 Å². The third kappa shape index (κ3) is 9.37. The molecule has 0 saturated heterocycles. The van der Waals surface area contributed by atoms with E-state index in [0.29, 0.717) is 11.1 Å². The molecule has 0 spiro atoms. The Balaban J connectivity index is 1.96. The number of nitrogens with zero attached hydrogens (tertiary/aromatic N) is 2. The predicted molar refractivity (Wildman–Crippen MR) is 144 cm³/mol. The SMILES string of the molecule is CC(C)[C@H](N=Cc1ccccc1O)C(=O)OCC(C)(C)COC(=O)[C@@H](N=Cc1ccccc1O)C(C)C. The molecule has 0 saturated carbocycles. The van der Waals surface area contributed by atoms with Crippen molar-refractivity contribution in [1.82, 2.24) is 0 Å². The van der Waals surface area contributed by atoms with E-state index in [1.807, 2.05) is 41.5 Å². The molecular weight excluding hydrogens is 472 g/mol. The van der Waals surface area contributed by atoms with Crippen LogP contribution >= 0.6 is 0 Å². The molecule has 8 nitrogen and oxygen atoms in total. The van der Waals surface area contributed by atoms with Crippen molar-refractivity contribution in [2.45, 2.75) is 53.6 Å². The summed E-state index contributed by atoms with van der Waals surface area (Å²) in [6.45, 7) is 11.2. The van der Waals surface area contributed by atoms with E-state index in [1.54, 1.807) is 48.5 Å². The molecule has 0 aromatic heterocycles. The van der Waals surface area contributed by atoms with Gasteiger partial charge in [0.2, 0.25) is 0 Å². The van der Waals surface area contributed by atoms with Crippen LogP contribution in [0.2, 0.25) is 0 Å². The van der Waals surface area contributed by atoms with E-state index in [4.69, 9.17) is 9.47 Å². The third-order valence-electron chi connectivity index (χ3n) is 5.58. The van der Waals surface area contributed by atoms with Gasteiger partial charge in [0, 0.05) is 29.0 Å². The summed E-state index contributed by atoms with van der Waals surface area (Å²) >= 11 is 0. The van der Waals surface area contributed by atoms with Crippen molar-refractivity contribution in [1.29, 1.82) is 0 Å². The summed E-state index contributed by atoms with van der Waals surface area (Å²) in [6.07, 6.45) is 2.94. The minimum Gasteiger partial charge on any atom is -0.507 e. The maximum atomic E-state index is 12.8. The van der Waals surface area contributed by atoms with Gasteiger partial charge in [-0.1, -0.05) is 65.8 Å². The van der Waals surface area contributed by atoms with Crippen LogP contribution < -0.4 is 0 Å². The molecule has 37 heavy (non-hydrogen) atoms. The molecule has 2 aromatic rings. The van der Waals surface area contributed by atoms with Crippen LogP contribution in [-0.4, -0.2) is 59.9 Å². The number of phenols is 2. The number of hydrogen-bond donors (Lipinski definition) is 2. The van der Waals surface area contributed by atoms with Gasteiger partial charge in [-0.05, 0) is 36.1 Å². The lowest BCUT2D eigenvalue weighted by Crippen LogP contribution is -2.35. The Labute approximate surface area is 219 Å². The van der Waals surface area contributed by atoms with Crippen LogP contribution in [0.25, 0.3) is 0 Å². The summed E-state index contributed by atoms with van der Waals surface area (Å²) in [7, 11) is 0. The number of aromatic hydroxyl groups is 2. The van der Waals surface area contributed by atoms with Gasteiger partial charge in [-0.2, -0.15) is 0 Å². The van der Waals surface area contributed by atoms with Gasteiger partial charge in [-0.25, -0.2) is 9.59 Å². The first-order valence-electron chi connectivity index (χ1n) is 12.4. The molecule has 0 fully saturated rings. The highest BCUT2D eigenvalue weighted by Crippen LogP contribution is 2.21. The van der Waals surface area contributed by atoms with E-state index in [0.717, 1.165) is 0 Å². The predicted octanol–water partition coefficient (Wildman–Crippen LogP) is 4.80. The van der Waals surface area contributed by atoms with Crippen LogP contribution in [-0.2, 0) is 19.1 Å². The number of benzene rings is 2. The van der Waals surface area contributed by atoms with Crippen molar-refractivity contribution < 1.29 is 29.3 Å². The molecule has 2 atom stereocenters. The number of aliphatic imine (C=N–C) groups is 2. The second-order valence-corrected chi connectivity index (χ2v) is 10.4. The number of carbonyl (C=O) groups is 2. The lowest BCUT2D eigenvalue weighted by atomic mass is 9.96. The van der Waals surface area contributed by atoms with Crippen molar-refractivity contribution in [2.24, 2.45) is 27.2 Å². The van der Waals surface area contributed by atoms with Gasteiger partial charge >= 0.3 is 11.9 Å². The number of carbonyl (C=O) groups excluding carboxylic acids is 2. The second kappa shape index (κ2) is 13.6. The van der Waals surface area contributed by atoms with Crippen LogP contribution in [0, 0.1) is 17.3 Å². The highest BCUT2D eigenvalue weighted by Gasteiger charge is 2.29. The quantitative estimate of drug-likeness (QED) is 0.313. The normalized spacial score (nSPS) is 13.8. The molecule has 8 heteroatoms. The molecule has 0 aliphatic rings. The Hall–Kier alpha value is -3.68. The zero-order chi connectivity index (χ0) is 27.6. The first-order chi connectivity index (χ1) is 17.4. The summed E-state index contributed by atoms with van der Waals surface area (Å²) in [5, 5.41) is 19.8. The van der Waals surface area contributed by atoms with Crippen molar-refractivity contribution in [3.8, 4) is 11.5 Å². The molecule has 0 unspecified atom stereocenters. The Morgan fingerprint density at radius 1 is 0.757 bits per heavy atom. The third-order valence-corrected chi connectivity index (χ3v) is 5.58. The fourth-order valence-corrected chi connectivity index (χ4v) is 3.27. The Morgan fingerprint density at radius 2 is 1.11 bits per heavy atom. The van der Waals surface area contributed by atoms with Gasteiger partial charge in [0.25, 0.3) is 0 Å². The fraction of sp³-hybridized carbons (Fsp3) is 0.448. The minimum atomic E-state index is -0.744. The zero-order valence-electron chi connectivity index (χ0n) is 22.4. The number of rotatable bonds is 12. The summed E-state index contributed by atoms with van der Waals surface area (Å²) in [5.41, 5.74) is 0.382. The van der Waals surface area contributed by atoms with Gasteiger partial charge in [-0.3, -0.25) is 9.98 Å². The standard InChI is InChI=1S/C29H38N2O6/c1-19(2)25(30-15-21-11-7-9-13-23(21)32)27(34)36-17-29(5,6)18-37-28(35)26(20(3)4)31-16-22-12-8-10-14-24(22)33/h7-16,19-20,25-26,32-33H,17-18H2,1-6H3/t25-,26-/m0/s1. The minimum absolute atomic E-state index is 0.0297. The molecule has 2 aromatic carbocycles. The van der Waals surface area contributed by atoms with Gasteiger partial charge in [0.05, 0.1) is 13.2 Å². The van der Waals surface area contributed by atoms with Crippen molar-refractivity contribution in [2.75, 3.05) is 13.2 Å². The monoisotopic (exact) mass is 510 g/mol. The number of para-hydroxylation sites is 2. The van der Waals surface area contributed by atoms with Crippen molar-refractivity contribution in [3.63, 3.8) is 0 Å². The summed E-state index contributed by atoms with van der Waals surface area (Å²) in [4.78, 5) is 34.2. The first kappa shape index (κ1) is 29.5.